The lowest BCUT2D eigenvalue weighted by atomic mass is 10.7. The molecule has 0 aromatic carbocycles. The summed E-state index contributed by atoms with van der Waals surface area (Å²) in [6, 6.07) is 0. The minimum atomic E-state index is -0.469. The van der Waals surface area contributed by atoms with E-state index in [9.17, 15) is 4.79 Å². The minimum absolute atomic E-state index is 0.00995. The quantitative estimate of drug-likeness (QED) is 0.171. The Hall–Kier alpha value is -0.650. The second-order valence-electron chi connectivity index (χ2n) is 1.07. The van der Waals surface area contributed by atoms with E-state index in [-0.39, 0.29) is 13.3 Å². The summed E-state index contributed by atoms with van der Waals surface area (Å²) in [5.74, 6) is 4.29. The van der Waals surface area contributed by atoms with Gasteiger partial charge in [0.25, 0.3) is 0 Å². The van der Waals surface area contributed by atoms with E-state index in [0.717, 1.165) is 0 Å². The van der Waals surface area contributed by atoms with Crippen molar-refractivity contribution in [2.45, 2.75) is 0 Å². The lowest BCUT2D eigenvalue weighted by molar-refractivity contribution is -0.142. The van der Waals surface area contributed by atoms with Crippen LogP contribution in [0.3, 0.4) is 0 Å². The van der Waals surface area contributed by atoms with Gasteiger partial charge in [0, 0.05) is 0 Å². The van der Waals surface area contributed by atoms with Crippen molar-refractivity contribution in [2.24, 2.45) is 11.6 Å². The highest BCUT2D eigenvalue weighted by Gasteiger charge is 1.93. The van der Waals surface area contributed by atoms with Crippen LogP contribution in [0.2, 0.25) is 0 Å². The molecule has 0 bridgehead atoms. The van der Waals surface area contributed by atoms with Gasteiger partial charge in [0.15, 0.2) is 6.73 Å². The van der Waals surface area contributed by atoms with Crippen molar-refractivity contribution in [3.8, 4) is 0 Å². The molecular formula is C3H9N3O2. The number of carbonyl (C=O) groups excluding carboxylic acids is 1. The van der Waals surface area contributed by atoms with E-state index in [1.807, 2.05) is 0 Å². The molecule has 48 valence electrons. The van der Waals surface area contributed by atoms with Crippen LogP contribution in [-0.4, -0.2) is 19.2 Å². The number of rotatable bonds is 3. The Labute approximate surface area is 46.9 Å². The van der Waals surface area contributed by atoms with Crippen molar-refractivity contribution in [1.82, 2.24) is 5.43 Å². The highest BCUT2D eigenvalue weighted by Crippen LogP contribution is 1.67. The van der Waals surface area contributed by atoms with Crippen molar-refractivity contribution in [2.75, 3.05) is 13.3 Å². The Morgan fingerprint density at radius 3 is 2.75 bits per heavy atom. The number of hydrogen-bond donors (Lipinski definition) is 3. The summed E-state index contributed by atoms with van der Waals surface area (Å²) in [6.45, 7) is -0.0995. The predicted octanol–water partition coefficient (Wildman–Crippen LogP) is -2.09. The van der Waals surface area contributed by atoms with Crippen LogP contribution < -0.4 is 17.0 Å². The van der Waals surface area contributed by atoms with Gasteiger partial charge < -0.3 is 10.5 Å². The summed E-state index contributed by atoms with van der Waals surface area (Å²) in [5.41, 5.74) is 7.00. The van der Waals surface area contributed by atoms with Gasteiger partial charge in [0.2, 0.25) is 0 Å². The third-order valence-electron chi connectivity index (χ3n) is 0.483. The number of hydrogen-bond acceptors (Lipinski definition) is 5. The number of ether oxygens (including phenoxy) is 1. The lowest BCUT2D eigenvalue weighted by Gasteiger charge is -1.98. The zero-order valence-electron chi connectivity index (χ0n) is 4.39. The summed E-state index contributed by atoms with van der Waals surface area (Å²) < 4.78 is 4.34. The van der Waals surface area contributed by atoms with Crippen molar-refractivity contribution in [1.29, 1.82) is 0 Å². The highest BCUT2D eigenvalue weighted by molar-refractivity contribution is 5.71. The van der Waals surface area contributed by atoms with E-state index in [2.05, 4.69) is 10.2 Å². The number of nitrogens with two attached hydrogens (primary N) is 2. The van der Waals surface area contributed by atoms with Crippen molar-refractivity contribution < 1.29 is 9.53 Å². The van der Waals surface area contributed by atoms with Gasteiger partial charge in [-0.25, -0.2) is 5.43 Å². The van der Waals surface area contributed by atoms with Gasteiger partial charge >= 0.3 is 5.97 Å². The number of hydrazine groups is 1. The Morgan fingerprint density at radius 1 is 1.75 bits per heavy atom. The van der Waals surface area contributed by atoms with Gasteiger partial charge in [-0.2, -0.15) is 0 Å². The average Bonchev–Trinajstić information content (AvgIpc) is 1.83. The maximum atomic E-state index is 10.1. The fourth-order valence-corrected chi connectivity index (χ4v) is 0.181. The summed E-state index contributed by atoms with van der Waals surface area (Å²) >= 11 is 0. The molecule has 0 aliphatic heterocycles. The topological polar surface area (TPSA) is 90.4 Å². The summed E-state index contributed by atoms with van der Waals surface area (Å²) in [6.07, 6.45) is 0. The van der Waals surface area contributed by atoms with Crippen LogP contribution >= 0.6 is 0 Å². The molecule has 0 radical (unpaired) electrons. The SMILES string of the molecule is NCC(=O)OCNN. The van der Waals surface area contributed by atoms with Crippen LogP contribution in [-0.2, 0) is 9.53 Å². The van der Waals surface area contributed by atoms with Crippen molar-refractivity contribution in [3.05, 3.63) is 0 Å². The Kier molecular flexibility index (Phi) is 4.14. The zero-order valence-corrected chi connectivity index (χ0v) is 4.39. The van der Waals surface area contributed by atoms with Gasteiger partial charge in [0.1, 0.15) is 0 Å². The van der Waals surface area contributed by atoms with Crippen molar-refractivity contribution in [3.63, 3.8) is 0 Å². The molecule has 0 unspecified atom stereocenters. The van der Waals surface area contributed by atoms with E-state index in [1.54, 1.807) is 0 Å². The molecule has 0 atom stereocenters. The van der Waals surface area contributed by atoms with E-state index >= 15 is 0 Å². The lowest BCUT2D eigenvalue weighted by Crippen LogP contribution is -2.29. The molecule has 5 heteroatoms. The Bertz CT molecular complexity index is 74.9. The number of esters is 1. The highest BCUT2D eigenvalue weighted by atomic mass is 16.5. The molecule has 5 nitrogen and oxygen atoms in total. The van der Waals surface area contributed by atoms with E-state index in [0.29, 0.717) is 0 Å². The maximum Gasteiger partial charge on any atom is 0.321 e. The molecular weight excluding hydrogens is 110 g/mol. The molecule has 8 heavy (non-hydrogen) atoms. The predicted molar refractivity (Wildman–Crippen MR) is 27.3 cm³/mol. The largest absolute Gasteiger partial charge is 0.448 e. The first kappa shape index (κ1) is 7.35. The van der Waals surface area contributed by atoms with Crippen LogP contribution in [0.1, 0.15) is 0 Å². The van der Waals surface area contributed by atoms with Crippen LogP contribution in [0, 0.1) is 0 Å². The van der Waals surface area contributed by atoms with Gasteiger partial charge in [0.05, 0.1) is 6.54 Å². The molecule has 0 aromatic heterocycles. The second-order valence-corrected chi connectivity index (χ2v) is 1.07. The summed E-state index contributed by atoms with van der Waals surface area (Å²) in [5, 5.41) is 0. The molecule has 0 saturated carbocycles. The number of carbonyl (C=O) groups is 1. The molecule has 0 saturated heterocycles. The third-order valence-corrected chi connectivity index (χ3v) is 0.483. The van der Waals surface area contributed by atoms with E-state index in [4.69, 9.17) is 11.6 Å². The molecule has 0 heterocycles. The summed E-state index contributed by atoms with van der Waals surface area (Å²) in [4.78, 5) is 10.1. The molecule has 0 aromatic rings. The van der Waals surface area contributed by atoms with Gasteiger partial charge in [-0.3, -0.25) is 10.6 Å². The average molecular weight is 119 g/mol. The fourth-order valence-electron chi connectivity index (χ4n) is 0.181. The minimum Gasteiger partial charge on any atom is -0.448 e. The molecule has 0 spiro atoms. The van der Waals surface area contributed by atoms with Crippen LogP contribution in [0.25, 0.3) is 0 Å². The third kappa shape index (κ3) is 3.54. The molecule has 0 fully saturated rings. The zero-order chi connectivity index (χ0) is 6.41. The number of nitrogens with one attached hydrogen (secondary N) is 1. The first-order valence-corrected chi connectivity index (χ1v) is 2.10. The van der Waals surface area contributed by atoms with E-state index in [1.165, 1.54) is 0 Å². The fraction of sp³-hybridized carbons (Fsp3) is 0.667. The molecule has 0 amide bonds. The van der Waals surface area contributed by atoms with E-state index < -0.39 is 5.97 Å². The maximum absolute atomic E-state index is 10.1. The first-order valence-electron chi connectivity index (χ1n) is 2.10. The van der Waals surface area contributed by atoms with Crippen LogP contribution in [0.4, 0.5) is 0 Å². The second kappa shape index (κ2) is 4.51. The first-order chi connectivity index (χ1) is 3.81. The summed E-state index contributed by atoms with van der Waals surface area (Å²) in [7, 11) is 0. The Morgan fingerprint density at radius 2 is 2.38 bits per heavy atom. The van der Waals surface area contributed by atoms with Gasteiger partial charge in [-0.1, -0.05) is 0 Å². The van der Waals surface area contributed by atoms with Crippen LogP contribution in [0.5, 0.6) is 0 Å². The van der Waals surface area contributed by atoms with Crippen molar-refractivity contribution >= 4 is 5.97 Å². The Balaban J connectivity index is 2.99. The standard InChI is InChI=1S/C3H9N3O2/c4-1-3(7)8-2-6-5/h6H,1-2,4-5H2. The molecule has 0 rings (SSSR count). The molecule has 0 aliphatic carbocycles. The smallest absolute Gasteiger partial charge is 0.321 e. The molecule has 5 N–H and O–H groups in total. The normalized spacial score (nSPS) is 8.75. The molecule has 0 aliphatic rings. The monoisotopic (exact) mass is 119 g/mol. The van der Waals surface area contributed by atoms with Crippen LogP contribution in [0.15, 0.2) is 0 Å². The van der Waals surface area contributed by atoms with Gasteiger partial charge in [-0.15, -0.1) is 0 Å². The van der Waals surface area contributed by atoms with Gasteiger partial charge in [-0.05, 0) is 0 Å².